The van der Waals surface area contributed by atoms with Gasteiger partial charge in [0.05, 0.1) is 23.8 Å². The zero-order valence-electron chi connectivity index (χ0n) is 18.3. The fourth-order valence-corrected chi connectivity index (χ4v) is 4.82. The predicted molar refractivity (Wildman–Crippen MR) is 123 cm³/mol. The molecule has 1 fully saturated rings. The molecule has 31 heavy (non-hydrogen) atoms. The fraction of sp³-hybridized carbons (Fsp3) is 0.440. The number of nitrogens with one attached hydrogen (secondary N) is 2. The second-order valence-electron chi connectivity index (χ2n) is 8.99. The lowest BCUT2D eigenvalue weighted by atomic mass is 9.87. The van der Waals surface area contributed by atoms with Gasteiger partial charge in [0.25, 0.3) is 5.91 Å². The van der Waals surface area contributed by atoms with E-state index in [-0.39, 0.29) is 12.0 Å². The van der Waals surface area contributed by atoms with Crippen LogP contribution in [0.2, 0.25) is 0 Å². The lowest BCUT2D eigenvalue weighted by molar-refractivity contribution is 0.0529. The van der Waals surface area contributed by atoms with Crippen LogP contribution >= 0.6 is 0 Å². The summed E-state index contributed by atoms with van der Waals surface area (Å²) in [7, 11) is 0. The van der Waals surface area contributed by atoms with Crippen molar-refractivity contribution >= 4 is 22.6 Å². The van der Waals surface area contributed by atoms with E-state index in [4.69, 9.17) is 4.74 Å². The largest absolute Gasteiger partial charge is 0.375 e. The van der Waals surface area contributed by atoms with Crippen LogP contribution in [0.1, 0.15) is 47.4 Å². The maximum atomic E-state index is 13.0. The number of aryl methyl sites for hydroxylation is 1. The van der Waals surface area contributed by atoms with Crippen molar-refractivity contribution in [1.82, 2.24) is 15.3 Å². The van der Waals surface area contributed by atoms with Gasteiger partial charge in [-0.1, -0.05) is 25.1 Å². The third-order valence-electron chi connectivity index (χ3n) is 6.54. The number of hydrogen-bond acceptors (Lipinski definition) is 4. The molecule has 162 valence electrons. The number of aromatic nitrogens is 2. The first kappa shape index (κ1) is 20.1. The Hall–Kier alpha value is -2.86. The highest BCUT2D eigenvalue weighted by atomic mass is 16.5. The summed E-state index contributed by atoms with van der Waals surface area (Å²) in [5, 5.41) is 4.26. The molecular formula is C25H30N4O2. The number of nitrogens with zero attached hydrogens (tertiary/aromatic N) is 2. The van der Waals surface area contributed by atoms with Gasteiger partial charge in [-0.3, -0.25) is 4.79 Å². The number of benzene rings is 1. The molecule has 1 amide bonds. The number of fused-ring (bicyclic) bond motifs is 3. The smallest absolute Gasteiger partial charge is 0.253 e. The average Bonchev–Trinajstić information content (AvgIpc) is 3.16. The molecule has 0 spiro atoms. The molecule has 2 unspecified atom stereocenters. The van der Waals surface area contributed by atoms with Crippen LogP contribution in [-0.4, -0.2) is 41.7 Å². The summed E-state index contributed by atoms with van der Waals surface area (Å²) in [6.45, 7) is 7.28. The summed E-state index contributed by atoms with van der Waals surface area (Å²) >= 11 is 0. The van der Waals surface area contributed by atoms with Crippen LogP contribution in [0.25, 0.3) is 10.9 Å². The van der Waals surface area contributed by atoms with Crippen molar-refractivity contribution in [2.24, 2.45) is 5.92 Å². The molecule has 2 N–H and O–H groups in total. The Bertz CT molecular complexity index is 1090. The molecule has 2 aliphatic rings. The van der Waals surface area contributed by atoms with E-state index in [0.29, 0.717) is 18.0 Å². The SMILES string of the molecule is CC1CCc2[nH]c3c(C(=O)NCc4ccc(N5CCOC(C)C5)nc4)cccc3c2C1. The minimum Gasteiger partial charge on any atom is -0.375 e. The molecular weight excluding hydrogens is 388 g/mol. The summed E-state index contributed by atoms with van der Waals surface area (Å²) in [4.78, 5) is 23.4. The molecule has 3 aromatic rings. The number of morpholine rings is 1. The number of carbonyl (C=O) groups excluding carboxylic acids is 1. The van der Waals surface area contributed by atoms with Crippen LogP contribution in [0.4, 0.5) is 5.82 Å². The molecule has 1 saturated heterocycles. The third-order valence-corrected chi connectivity index (χ3v) is 6.54. The van der Waals surface area contributed by atoms with Crippen LogP contribution in [0.15, 0.2) is 36.5 Å². The van der Waals surface area contributed by atoms with Crippen molar-refractivity contribution in [2.75, 3.05) is 24.6 Å². The van der Waals surface area contributed by atoms with Gasteiger partial charge in [-0.05, 0) is 55.4 Å². The maximum absolute atomic E-state index is 13.0. The number of pyridine rings is 1. The zero-order chi connectivity index (χ0) is 21.4. The monoisotopic (exact) mass is 418 g/mol. The minimum atomic E-state index is -0.0525. The van der Waals surface area contributed by atoms with Gasteiger partial charge in [0.15, 0.2) is 0 Å². The quantitative estimate of drug-likeness (QED) is 0.675. The summed E-state index contributed by atoms with van der Waals surface area (Å²) < 4.78 is 5.60. The number of carbonyl (C=O) groups is 1. The Kier molecular flexibility index (Phi) is 5.40. The third kappa shape index (κ3) is 4.04. The lowest BCUT2D eigenvalue weighted by Crippen LogP contribution is -2.41. The number of H-pyrrole nitrogens is 1. The van der Waals surface area contributed by atoms with E-state index in [1.54, 1.807) is 0 Å². The molecule has 5 rings (SSSR count). The first-order chi connectivity index (χ1) is 15.1. The number of rotatable bonds is 4. The highest BCUT2D eigenvalue weighted by Gasteiger charge is 2.22. The van der Waals surface area contributed by atoms with Crippen LogP contribution in [-0.2, 0) is 24.1 Å². The van der Waals surface area contributed by atoms with Gasteiger partial charge in [-0.25, -0.2) is 4.98 Å². The molecule has 6 heteroatoms. The molecule has 0 radical (unpaired) electrons. The van der Waals surface area contributed by atoms with Crippen molar-refractivity contribution in [2.45, 2.75) is 45.8 Å². The highest BCUT2D eigenvalue weighted by Crippen LogP contribution is 2.33. The van der Waals surface area contributed by atoms with Crippen LogP contribution in [0.3, 0.4) is 0 Å². The molecule has 0 saturated carbocycles. The summed E-state index contributed by atoms with van der Waals surface area (Å²) in [5.41, 5.74) is 5.36. The molecule has 1 aromatic carbocycles. The zero-order valence-corrected chi connectivity index (χ0v) is 18.3. The van der Waals surface area contributed by atoms with Crippen LogP contribution < -0.4 is 10.2 Å². The molecule has 2 atom stereocenters. The summed E-state index contributed by atoms with van der Waals surface area (Å²) in [6.07, 6.45) is 5.42. The summed E-state index contributed by atoms with van der Waals surface area (Å²) in [5.74, 6) is 1.60. The number of ether oxygens (including phenoxy) is 1. The van der Waals surface area contributed by atoms with Gasteiger partial charge >= 0.3 is 0 Å². The number of hydrogen-bond donors (Lipinski definition) is 2. The number of anilines is 1. The second kappa shape index (κ2) is 8.35. The van der Waals surface area contributed by atoms with E-state index in [0.717, 1.165) is 49.4 Å². The van der Waals surface area contributed by atoms with Crippen molar-refractivity contribution in [3.8, 4) is 0 Å². The van der Waals surface area contributed by atoms with E-state index >= 15 is 0 Å². The molecule has 1 aliphatic heterocycles. The van der Waals surface area contributed by atoms with E-state index in [2.05, 4.69) is 40.1 Å². The number of aromatic amines is 1. The highest BCUT2D eigenvalue weighted by molar-refractivity contribution is 6.06. The molecule has 6 nitrogen and oxygen atoms in total. The molecule has 3 heterocycles. The normalized spacial score (nSPS) is 21.2. The second-order valence-corrected chi connectivity index (χ2v) is 8.99. The average molecular weight is 419 g/mol. The summed E-state index contributed by atoms with van der Waals surface area (Å²) in [6, 6.07) is 10.1. The topological polar surface area (TPSA) is 70.2 Å². The number of para-hydroxylation sites is 1. The predicted octanol–water partition coefficient (Wildman–Crippen LogP) is 3.84. The Labute approximate surface area is 183 Å². The molecule has 0 bridgehead atoms. The van der Waals surface area contributed by atoms with Crippen molar-refractivity contribution < 1.29 is 9.53 Å². The van der Waals surface area contributed by atoms with E-state index < -0.39 is 0 Å². The van der Waals surface area contributed by atoms with Gasteiger partial charge in [0, 0.05) is 36.9 Å². The van der Waals surface area contributed by atoms with Crippen molar-refractivity contribution in [3.63, 3.8) is 0 Å². The molecule has 2 aromatic heterocycles. The van der Waals surface area contributed by atoms with Crippen molar-refractivity contribution in [1.29, 1.82) is 0 Å². The maximum Gasteiger partial charge on any atom is 0.253 e. The van der Waals surface area contributed by atoms with E-state index in [9.17, 15) is 4.79 Å². The first-order valence-electron chi connectivity index (χ1n) is 11.3. The Morgan fingerprint density at radius 2 is 2.19 bits per heavy atom. The lowest BCUT2D eigenvalue weighted by Gasteiger charge is -2.32. The Morgan fingerprint density at radius 1 is 1.29 bits per heavy atom. The number of amides is 1. The Balaban J connectivity index is 1.28. The van der Waals surface area contributed by atoms with Crippen LogP contribution in [0.5, 0.6) is 0 Å². The van der Waals surface area contributed by atoms with Crippen molar-refractivity contribution in [3.05, 3.63) is 58.9 Å². The van der Waals surface area contributed by atoms with Gasteiger partial charge in [-0.2, -0.15) is 0 Å². The van der Waals surface area contributed by atoms with Gasteiger partial charge < -0.3 is 19.9 Å². The van der Waals surface area contributed by atoms with E-state index in [1.807, 2.05) is 30.5 Å². The van der Waals surface area contributed by atoms with E-state index in [1.165, 1.54) is 23.1 Å². The van der Waals surface area contributed by atoms with Crippen LogP contribution in [0, 0.1) is 5.92 Å². The molecule has 1 aliphatic carbocycles. The fourth-order valence-electron chi connectivity index (χ4n) is 4.82. The van der Waals surface area contributed by atoms with Gasteiger partial charge in [0.1, 0.15) is 5.82 Å². The standard InChI is InChI=1S/C25H30N4O2/c1-16-6-8-22-21(12-16)19-4-3-5-20(24(19)28-22)25(30)27-14-18-7-9-23(26-13-18)29-10-11-31-17(2)15-29/h3-5,7,9,13,16-17,28H,6,8,10-12,14-15H2,1-2H3,(H,27,30). The first-order valence-corrected chi connectivity index (χ1v) is 11.3. The van der Waals surface area contributed by atoms with Gasteiger partial charge in [-0.15, -0.1) is 0 Å². The minimum absolute atomic E-state index is 0.0525. The van der Waals surface area contributed by atoms with Gasteiger partial charge in [0.2, 0.25) is 0 Å². The Morgan fingerprint density at radius 3 is 3.00 bits per heavy atom.